The molecular formula is C12H11N. The molecule has 1 aliphatic rings. The molecule has 0 aromatic heterocycles. The average Bonchev–Trinajstić information content (AvgIpc) is 2.38. The quantitative estimate of drug-likeness (QED) is 0.585. The summed E-state index contributed by atoms with van der Waals surface area (Å²) in [5, 5.41) is 8.82. The van der Waals surface area contributed by atoms with Crippen molar-refractivity contribution in [3.05, 3.63) is 41.0 Å². The summed E-state index contributed by atoms with van der Waals surface area (Å²) < 4.78 is 0. The Labute approximate surface area is 78.3 Å². The molecule has 0 aliphatic heterocycles. The van der Waals surface area contributed by atoms with Crippen molar-refractivity contribution in [1.82, 2.24) is 0 Å². The van der Waals surface area contributed by atoms with Crippen LogP contribution in [0.5, 0.6) is 0 Å². The standard InChI is InChI=1S/C12H11N/c13-9-10-4-3-7-11-5-1-2-6-12(11)8-10/h1-2,5-6,8H,3-4,7H2. The van der Waals surface area contributed by atoms with Crippen LogP contribution in [0.25, 0.3) is 6.08 Å². The Balaban J connectivity index is 2.47. The second-order valence-corrected chi connectivity index (χ2v) is 3.33. The fourth-order valence-electron chi connectivity index (χ4n) is 1.72. The molecule has 0 atom stereocenters. The van der Waals surface area contributed by atoms with Crippen molar-refractivity contribution in [3.63, 3.8) is 0 Å². The van der Waals surface area contributed by atoms with Crippen LogP contribution >= 0.6 is 0 Å². The zero-order chi connectivity index (χ0) is 9.10. The maximum Gasteiger partial charge on any atom is 0.0947 e. The molecule has 1 nitrogen and oxygen atoms in total. The molecule has 1 aromatic rings. The van der Waals surface area contributed by atoms with E-state index < -0.39 is 0 Å². The zero-order valence-electron chi connectivity index (χ0n) is 7.46. The number of nitrogens with zero attached hydrogens (tertiary/aromatic N) is 1. The maximum atomic E-state index is 8.82. The first-order chi connectivity index (χ1) is 6.40. The molecule has 0 radical (unpaired) electrons. The summed E-state index contributed by atoms with van der Waals surface area (Å²) in [4.78, 5) is 0. The Hall–Kier alpha value is -1.55. The lowest BCUT2D eigenvalue weighted by atomic mass is 10.1. The van der Waals surface area contributed by atoms with Gasteiger partial charge in [-0.3, -0.25) is 0 Å². The number of hydrogen-bond acceptors (Lipinski definition) is 1. The van der Waals surface area contributed by atoms with Gasteiger partial charge in [0, 0.05) is 5.57 Å². The van der Waals surface area contributed by atoms with E-state index in [0.29, 0.717) is 0 Å². The molecule has 1 aromatic carbocycles. The van der Waals surface area contributed by atoms with Crippen molar-refractivity contribution in [3.8, 4) is 6.07 Å². The highest BCUT2D eigenvalue weighted by Crippen LogP contribution is 2.22. The van der Waals surface area contributed by atoms with E-state index in [9.17, 15) is 0 Å². The number of benzene rings is 1. The number of allylic oxidation sites excluding steroid dienone is 1. The Morgan fingerprint density at radius 3 is 2.85 bits per heavy atom. The smallest absolute Gasteiger partial charge is 0.0947 e. The topological polar surface area (TPSA) is 23.8 Å². The van der Waals surface area contributed by atoms with Gasteiger partial charge in [0.2, 0.25) is 0 Å². The van der Waals surface area contributed by atoms with Gasteiger partial charge in [-0.05, 0) is 36.5 Å². The maximum absolute atomic E-state index is 8.82. The molecule has 1 heteroatoms. The van der Waals surface area contributed by atoms with Crippen molar-refractivity contribution in [2.24, 2.45) is 0 Å². The van der Waals surface area contributed by atoms with Gasteiger partial charge in [-0.2, -0.15) is 5.26 Å². The van der Waals surface area contributed by atoms with Crippen LogP contribution in [-0.2, 0) is 6.42 Å². The summed E-state index contributed by atoms with van der Waals surface area (Å²) in [6.45, 7) is 0. The molecule has 0 unspecified atom stereocenters. The van der Waals surface area contributed by atoms with Crippen LogP contribution < -0.4 is 0 Å². The van der Waals surface area contributed by atoms with E-state index in [4.69, 9.17) is 5.26 Å². The number of rotatable bonds is 0. The SMILES string of the molecule is N#CC1=Cc2ccccc2CCC1. The molecule has 0 fully saturated rings. The van der Waals surface area contributed by atoms with E-state index in [1.807, 2.05) is 12.1 Å². The molecule has 64 valence electrons. The van der Waals surface area contributed by atoms with Crippen molar-refractivity contribution in [2.75, 3.05) is 0 Å². The Kier molecular flexibility index (Phi) is 2.14. The van der Waals surface area contributed by atoms with E-state index in [-0.39, 0.29) is 0 Å². The van der Waals surface area contributed by atoms with Crippen molar-refractivity contribution in [1.29, 1.82) is 5.26 Å². The van der Waals surface area contributed by atoms with Crippen molar-refractivity contribution in [2.45, 2.75) is 19.3 Å². The molecule has 0 N–H and O–H groups in total. The molecule has 0 amide bonds. The van der Waals surface area contributed by atoms with Crippen LogP contribution in [0.3, 0.4) is 0 Å². The van der Waals surface area contributed by atoms with Crippen molar-refractivity contribution >= 4 is 6.08 Å². The third kappa shape index (κ3) is 1.62. The predicted molar refractivity (Wildman–Crippen MR) is 53.0 cm³/mol. The molecular weight excluding hydrogens is 158 g/mol. The first kappa shape index (κ1) is 8.07. The van der Waals surface area contributed by atoms with Crippen LogP contribution in [0.2, 0.25) is 0 Å². The van der Waals surface area contributed by atoms with Gasteiger partial charge in [0.25, 0.3) is 0 Å². The number of hydrogen-bond donors (Lipinski definition) is 0. The highest BCUT2D eigenvalue weighted by molar-refractivity contribution is 5.61. The fraction of sp³-hybridized carbons (Fsp3) is 0.250. The van der Waals surface area contributed by atoms with Crippen LogP contribution in [0, 0.1) is 11.3 Å². The minimum atomic E-state index is 0.907. The molecule has 0 heterocycles. The molecule has 0 spiro atoms. The summed E-state index contributed by atoms with van der Waals surface area (Å²) in [5.74, 6) is 0. The number of fused-ring (bicyclic) bond motifs is 1. The van der Waals surface area contributed by atoms with Gasteiger partial charge in [0.1, 0.15) is 0 Å². The largest absolute Gasteiger partial charge is 0.193 e. The number of aryl methyl sites for hydroxylation is 1. The first-order valence-corrected chi connectivity index (χ1v) is 4.59. The van der Waals surface area contributed by atoms with Gasteiger partial charge in [-0.1, -0.05) is 24.3 Å². The zero-order valence-corrected chi connectivity index (χ0v) is 7.46. The summed E-state index contributed by atoms with van der Waals surface area (Å²) in [7, 11) is 0. The van der Waals surface area contributed by atoms with E-state index in [1.165, 1.54) is 11.1 Å². The third-order valence-corrected chi connectivity index (χ3v) is 2.42. The number of nitriles is 1. The Morgan fingerprint density at radius 1 is 1.15 bits per heavy atom. The molecule has 2 rings (SSSR count). The normalized spacial score (nSPS) is 15.2. The van der Waals surface area contributed by atoms with E-state index in [2.05, 4.69) is 24.3 Å². The summed E-state index contributed by atoms with van der Waals surface area (Å²) in [6.07, 6.45) is 5.13. The Bertz CT molecular complexity index is 382. The first-order valence-electron chi connectivity index (χ1n) is 4.59. The molecule has 0 saturated carbocycles. The second kappa shape index (κ2) is 3.45. The lowest BCUT2D eigenvalue weighted by Gasteiger charge is -2.00. The van der Waals surface area contributed by atoms with Crippen LogP contribution in [0.15, 0.2) is 29.8 Å². The van der Waals surface area contributed by atoms with Gasteiger partial charge in [0.05, 0.1) is 6.07 Å². The lowest BCUT2D eigenvalue weighted by Crippen LogP contribution is -1.85. The Morgan fingerprint density at radius 2 is 2.00 bits per heavy atom. The van der Waals surface area contributed by atoms with Crippen LogP contribution in [-0.4, -0.2) is 0 Å². The highest BCUT2D eigenvalue weighted by atomic mass is 14.2. The summed E-state index contributed by atoms with van der Waals surface area (Å²) in [6, 6.07) is 10.6. The minimum Gasteiger partial charge on any atom is -0.193 e. The van der Waals surface area contributed by atoms with Crippen molar-refractivity contribution < 1.29 is 0 Å². The van der Waals surface area contributed by atoms with E-state index in [0.717, 1.165) is 24.8 Å². The summed E-state index contributed by atoms with van der Waals surface area (Å²) >= 11 is 0. The molecule has 13 heavy (non-hydrogen) atoms. The van der Waals surface area contributed by atoms with Gasteiger partial charge >= 0.3 is 0 Å². The second-order valence-electron chi connectivity index (χ2n) is 3.33. The lowest BCUT2D eigenvalue weighted by molar-refractivity contribution is 0.836. The average molecular weight is 169 g/mol. The summed E-state index contributed by atoms with van der Waals surface area (Å²) in [5.41, 5.74) is 3.49. The molecule has 0 saturated heterocycles. The highest BCUT2D eigenvalue weighted by Gasteiger charge is 2.06. The van der Waals surface area contributed by atoms with Gasteiger partial charge in [-0.15, -0.1) is 0 Å². The molecule has 1 aliphatic carbocycles. The van der Waals surface area contributed by atoms with Gasteiger partial charge < -0.3 is 0 Å². The monoisotopic (exact) mass is 169 g/mol. The van der Waals surface area contributed by atoms with Gasteiger partial charge in [0.15, 0.2) is 0 Å². The predicted octanol–water partition coefficient (Wildman–Crippen LogP) is 2.93. The van der Waals surface area contributed by atoms with Crippen LogP contribution in [0.1, 0.15) is 24.0 Å². The van der Waals surface area contributed by atoms with Crippen LogP contribution in [0.4, 0.5) is 0 Å². The van der Waals surface area contributed by atoms with Gasteiger partial charge in [-0.25, -0.2) is 0 Å². The fourth-order valence-corrected chi connectivity index (χ4v) is 1.72. The third-order valence-electron chi connectivity index (χ3n) is 2.42. The minimum absolute atomic E-state index is 0.907. The van der Waals surface area contributed by atoms with E-state index in [1.54, 1.807) is 0 Å². The van der Waals surface area contributed by atoms with E-state index >= 15 is 0 Å². The molecule has 0 bridgehead atoms.